The number of hydrogen-bond acceptors (Lipinski definition) is 2. The first-order chi connectivity index (χ1) is 36.6. The number of ether oxygens (including phenoxy) is 1. The monoisotopic (exact) mass is 916 g/mol. The molecule has 1 fully saturated rings. The van der Waals surface area contributed by atoms with Crippen molar-refractivity contribution in [2.45, 2.75) is 56.3 Å². The smallest absolute Gasteiger partial charge is 0.311 e. The van der Waals surface area contributed by atoms with Crippen molar-refractivity contribution in [3.05, 3.63) is 56.7 Å². The Hall–Kier alpha value is -8.33. The summed E-state index contributed by atoms with van der Waals surface area (Å²) in [5, 5.41) is 81.0. The molecule has 7 aliphatic rings. The molecule has 320 valence electrons. The number of carbonyl (C=O) groups excluding carboxylic acids is 1. The molecule has 4 atom stereocenters. The van der Waals surface area contributed by atoms with Crippen molar-refractivity contribution in [1.29, 1.82) is 0 Å². The van der Waals surface area contributed by atoms with Gasteiger partial charge in [0.1, 0.15) is 6.61 Å². The van der Waals surface area contributed by atoms with Crippen LogP contribution >= 0.6 is 0 Å². The maximum Gasteiger partial charge on any atom is 0.311 e. The van der Waals surface area contributed by atoms with Gasteiger partial charge in [-0.15, -0.1) is 0 Å². The van der Waals surface area contributed by atoms with Crippen molar-refractivity contribution in [3.8, 4) is 0 Å². The minimum atomic E-state index is -0.410. The fourth-order valence-corrected chi connectivity index (χ4v) is 26.6. The van der Waals surface area contributed by atoms with E-state index < -0.39 is 10.8 Å². The van der Waals surface area contributed by atoms with Crippen LogP contribution in [0.2, 0.25) is 0 Å². The lowest BCUT2D eigenvalue weighted by Crippen LogP contribution is -2.35. The van der Waals surface area contributed by atoms with Crippen LogP contribution in [0, 0.1) is 5.92 Å². The van der Waals surface area contributed by atoms with Crippen molar-refractivity contribution in [2.24, 2.45) is 5.92 Å². The minimum absolute atomic E-state index is 0.0772. The fourth-order valence-electron chi connectivity index (χ4n) is 26.6. The van der Waals surface area contributed by atoms with Gasteiger partial charge in [0, 0.05) is 22.7 Å². The average Bonchev–Trinajstić information content (AvgIpc) is 4.42. The second kappa shape index (κ2) is 6.85. The summed E-state index contributed by atoms with van der Waals surface area (Å²) in [6, 6.07) is 0. The third kappa shape index (κ3) is 1.64. The van der Waals surface area contributed by atoms with E-state index in [1.165, 1.54) is 11.1 Å². The Balaban J connectivity index is 0.997. The van der Waals surface area contributed by atoms with Gasteiger partial charge >= 0.3 is 5.97 Å². The van der Waals surface area contributed by atoms with Crippen molar-refractivity contribution < 1.29 is 9.53 Å². The highest BCUT2D eigenvalue weighted by atomic mass is 16.5. The largest absolute Gasteiger partial charge is 0.461 e. The maximum absolute atomic E-state index is 16.5. The molecule has 2 nitrogen and oxygen atoms in total. The van der Waals surface area contributed by atoms with Crippen molar-refractivity contribution >= 4 is 275 Å². The van der Waals surface area contributed by atoms with E-state index in [2.05, 4.69) is 32.9 Å². The van der Waals surface area contributed by atoms with Crippen molar-refractivity contribution in [1.82, 2.24) is 0 Å². The zero-order valence-electron chi connectivity index (χ0n) is 39.3. The van der Waals surface area contributed by atoms with Crippen LogP contribution in [0.1, 0.15) is 78.8 Å². The Bertz CT molecular complexity index is 7050. The van der Waals surface area contributed by atoms with Gasteiger partial charge in [0.2, 0.25) is 0 Å². The molecule has 4 unspecified atom stereocenters. The van der Waals surface area contributed by atoms with E-state index in [4.69, 9.17) is 4.74 Å². The molecule has 74 heavy (non-hydrogen) atoms. The normalized spacial score (nSPS) is 25.2. The third-order valence-electron chi connectivity index (χ3n) is 26.8. The maximum atomic E-state index is 16.5. The molecule has 0 amide bonds. The molecule has 1 saturated carbocycles. The van der Waals surface area contributed by atoms with Crippen LogP contribution in [-0.2, 0) is 20.4 Å². The molecule has 0 radical (unpaired) electrons. The van der Waals surface area contributed by atoms with E-state index in [0.29, 0.717) is 6.61 Å². The van der Waals surface area contributed by atoms with Gasteiger partial charge < -0.3 is 4.74 Å². The van der Waals surface area contributed by atoms with E-state index in [1.807, 2.05) is 0 Å². The summed E-state index contributed by atoms with van der Waals surface area (Å²) < 4.78 is 7.00. The second-order valence-corrected chi connectivity index (χ2v) is 27.7. The van der Waals surface area contributed by atoms with Gasteiger partial charge in [-0.05, 0) is 342 Å². The summed E-state index contributed by atoms with van der Waals surface area (Å²) >= 11 is 0. The molecular formula is C72H20O2. The molecule has 0 aromatic heterocycles. The zero-order valence-corrected chi connectivity index (χ0v) is 39.3. The number of esters is 1. The Morgan fingerprint density at radius 1 is 0.338 bits per heavy atom. The number of hydrogen-bond donors (Lipinski definition) is 0. The van der Waals surface area contributed by atoms with Crippen LogP contribution in [0.5, 0.6) is 0 Å². The van der Waals surface area contributed by atoms with Crippen LogP contribution in [0.25, 0.3) is 269 Å². The third-order valence-corrected chi connectivity index (χ3v) is 26.8. The van der Waals surface area contributed by atoms with E-state index in [1.54, 1.807) is 303 Å². The van der Waals surface area contributed by atoms with Crippen LogP contribution in [0.3, 0.4) is 0 Å². The Labute approximate surface area is 408 Å². The van der Waals surface area contributed by atoms with Gasteiger partial charge in [-0.25, -0.2) is 0 Å². The standard InChI is InChI=1S/C72H20O2/c1-9(2)5-4-6-10(3)7-8-74-70(73)69-71-65-57-49-39-29-21-13-11-12-15-19-17(13)25-33-27(19)37-31-23(15)24-16(12)20-18-14(11)22(21)30-36-26(18)34-28(20)38-32(24)42-41(31)51-45(37)55-47(33)53(43(49)35(25)29)61(65)63(55)67-59(51)60-52(42)46(38)56-48(34)54-44(36)50(40(30)39)58(57)66(71)62(54)64(56)68(60)72(67,69)71/h5,7,65,68-69H,4,6,8H2,1-3H3/b10-7+. The summed E-state index contributed by atoms with van der Waals surface area (Å²) in [5.74, 6) is 0.0790. The predicted molar refractivity (Wildman–Crippen MR) is 308 cm³/mol. The van der Waals surface area contributed by atoms with E-state index >= 15 is 4.79 Å². The molecule has 26 aromatic carbocycles. The number of benzene rings is 16. The Morgan fingerprint density at radius 3 is 0.824 bits per heavy atom. The molecule has 2 heteroatoms. The summed E-state index contributed by atoms with van der Waals surface area (Å²) in [4.78, 5) is 16.5. The minimum Gasteiger partial charge on any atom is -0.461 e. The molecule has 0 N–H and O–H groups in total. The van der Waals surface area contributed by atoms with Gasteiger partial charge in [0.15, 0.2) is 0 Å². The van der Waals surface area contributed by atoms with E-state index in [-0.39, 0.29) is 23.7 Å². The summed E-state index contributed by atoms with van der Waals surface area (Å²) in [5.41, 5.74) is 11.7. The SMILES string of the molecule is CC(C)=CCC/C(C)=C/COC(=O)C1C23c4c5c6c7c8c9c%10c%11c(c%12c%13c%14c%15c%16c(c4c4c%17c5c7c5c7c8c8c9c9c%11c%11c%12c%14c%12c%14c%15c%15c%16c4c4c%17c5c5c7c7c8c8c9c%11c%12c9c%14c%11c%15c4c5c%11c7c89)C%132)C13C6%10. The quantitative estimate of drug-likeness (QED) is 0.0944. The first kappa shape index (κ1) is 29.4. The topological polar surface area (TPSA) is 26.3 Å². The number of carbonyl (C=O) groups is 1. The summed E-state index contributed by atoms with van der Waals surface area (Å²) in [6.07, 6.45) is 6.60. The van der Waals surface area contributed by atoms with Gasteiger partial charge in [0.25, 0.3) is 0 Å². The molecule has 7 aliphatic carbocycles. The Kier molecular flexibility index (Phi) is 2.72. The summed E-state index contributed by atoms with van der Waals surface area (Å²) in [7, 11) is 0. The Morgan fingerprint density at radius 2 is 0.568 bits per heavy atom. The number of rotatable bonds is 6. The van der Waals surface area contributed by atoms with Crippen molar-refractivity contribution in [3.63, 3.8) is 0 Å². The first-order valence-corrected chi connectivity index (χ1v) is 28.0. The van der Waals surface area contributed by atoms with Crippen molar-refractivity contribution in [2.75, 3.05) is 6.61 Å². The lowest BCUT2D eigenvalue weighted by molar-refractivity contribution is -0.145. The molecule has 26 aromatic rings. The number of allylic oxidation sites excluding steroid dienone is 3. The second-order valence-electron chi connectivity index (χ2n) is 27.7. The zero-order chi connectivity index (χ0) is 45.0. The summed E-state index contributed by atoms with van der Waals surface area (Å²) in [6.45, 7) is 6.97. The lowest BCUT2D eigenvalue weighted by atomic mass is 9.60. The van der Waals surface area contributed by atoms with Crippen LogP contribution in [-0.4, -0.2) is 12.6 Å². The van der Waals surface area contributed by atoms with Gasteiger partial charge in [-0.2, -0.15) is 0 Å². The molecule has 0 saturated heterocycles. The highest BCUT2D eigenvalue weighted by Gasteiger charge is 2.93. The first-order valence-electron chi connectivity index (χ1n) is 28.0. The van der Waals surface area contributed by atoms with Crippen LogP contribution < -0.4 is 0 Å². The fraction of sp³-hybridized carbons (Fsp3) is 0.153. The van der Waals surface area contributed by atoms with Gasteiger partial charge in [-0.1, -0.05) is 17.2 Å². The molecule has 33 rings (SSSR count). The average molecular weight is 917 g/mol. The van der Waals surface area contributed by atoms with Crippen LogP contribution in [0.15, 0.2) is 23.3 Å². The molecule has 2 spiro atoms. The molecule has 0 aliphatic heterocycles. The lowest BCUT2D eigenvalue weighted by Gasteiger charge is -2.41. The van der Waals surface area contributed by atoms with Gasteiger partial charge in [-0.3, -0.25) is 4.79 Å². The van der Waals surface area contributed by atoms with Gasteiger partial charge in [0.05, 0.1) is 5.92 Å². The molecular weight excluding hydrogens is 897 g/mol. The molecule has 0 heterocycles. The molecule has 0 bridgehead atoms. The van der Waals surface area contributed by atoms with E-state index in [9.17, 15) is 0 Å². The van der Waals surface area contributed by atoms with E-state index in [0.717, 1.165) is 12.8 Å². The predicted octanol–water partition coefficient (Wildman–Crippen LogP) is 18.7. The highest BCUT2D eigenvalue weighted by molar-refractivity contribution is 6.80. The highest BCUT2D eigenvalue weighted by Crippen LogP contribution is 2.96. The van der Waals surface area contributed by atoms with Crippen LogP contribution in [0.4, 0.5) is 0 Å².